The minimum atomic E-state index is 0.550. The van der Waals surface area contributed by atoms with Gasteiger partial charge in [-0.1, -0.05) is 19.3 Å². The van der Waals surface area contributed by atoms with Gasteiger partial charge in [-0.05, 0) is 31.0 Å². The van der Waals surface area contributed by atoms with Gasteiger partial charge in [-0.3, -0.25) is 9.48 Å². The van der Waals surface area contributed by atoms with E-state index in [4.69, 9.17) is 0 Å². The highest BCUT2D eigenvalue weighted by molar-refractivity contribution is 5.84. The van der Waals surface area contributed by atoms with Gasteiger partial charge in [-0.25, -0.2) is 0 Å². The number of rotatable bonds is 3. The molecule has 94 valence electrons. The van der Waals surface area contributed by atoms with Crippen molar-refractivity contribution in [3.63, 3.8) is 0 Å². The molecule has 1 aromatic heterocycles. The molecule has 1 heterocycles. The monoisotopic (exact) mass is 243 g/mol. The third-order valence-corrected chi connectivity index (χ3v) is 3.70. The maximum absolute atomic E-state index is 10.4. The summed E-state index contributed by atoms with van der Waals surface area (Å²) in [6.07, 6.45) is 9.22. The molecular formula is C14H17N3O. The number of carbonyl (C=O) groups is 1. The van der Waals surface area contributed by atoms with Gasteiger partial charge in [0.25, 0.3) is 0 Å². The second-order valence-corrected chi connectivity index (χ2v) is 4.94. The molecule has 3 rings (SSSR count). The number of anilines is 1. The van der Waals surface area contributed by atoms with Crippen molar-refractivity contribution in [3.8, 4) is 0 Å². The van der Waals surface area contributed by atoms with Crippen LogP contribution in [0.3, 0.4) is 0 Å². The molecule has 4 heteroatoms. The zero-order valence-electron chi connectivity index (χ0n) is 10.3. The lowest BCUT2D eigenvalue weighted by Crippen LogP contribution is -2.12. The fourth-order valence-corrected chi connectivity index (χ4v) is 2.74. The third-order valence-electron chi connectivity index (χ3n) is 3.70. The molecule has 0 radical (unpaired) electrons. The molecule has 1 aromatic carbocycles. The van der Waals surface area contributed by atoms with Crippen LogP contribution in [0.15, 0.2) is 24.4 Å². The van der Waals surface area contributed by atoms with Crippen LogP contribution in [0.25, 0.3) is 10.9 Å². The number of nitrogens with one attached hydrogen (secondary N) is 1. The molecule has 0 saturated heterocycles. The van der Waals surface area contributed by atoms with Gasteiger partial charge in [-0.2, -0.15) is 5.10 Å². The molecule has 1 fully saturated rings. The van der Waals surface area contributed by atoms with E-state index in [-0.39, 0.29) is 0 Å². The van der Waals surface area contributed by atoms with E-state index in [2.05, 4.69) is 21.3 Å². The van der Waals surface area contributed by atoms with Gasteiger partial charge in [0.15, 0.2) is 0 Å². The Balaban J connectivity index is 1.92. The first kappa shape index (κ1) is 11.3. The topological polar surface area (TPSA) is 46.9 Å². The number of nitrogens with zero attached hydrogens (tertiary/aromatic N) is 2. The first-order chi connectivity index (χ1) is 8.86. The van der Waals surface area contributed by atoms with Gasteiger partial charge in [-0.15, -0.1) is 0 Å². The molecule has 0 spiro atoms. The summed E-state index contributed by atoms with van der Waals surface area (Å²) in [5.74, 6) is 0. The smallest absolute Gasteiger partial charge is 0.211 e. The third kappa shape index (κ3) is 2.10. The second-order valence-electron chi connectivity index (χ2n) is 4.94. The molecule has 1 aliphatic carbocycles. The van der Waals surface area contributed by atoms with E-state index in [1.807, 2.05) is 18.2 Å². The molecule has 4 nitrogen and oxygen atoms in total. The maximum Gasteiger partial charge on any atom is 0.211 e. The van der Waals surface area contributed by atoms with Crippen LogP contribution in [0.5, 0.6) is 0 Å². The van der Waals surface area contributed by atoms with Gasteiger partial charge in [0.05, 0.1) is 11.6 Å². The predicted octanol–water partition coefficient (Wildman–Crippen LogP) is 3.11. The number of fused-ring (bicyclic) bond motifs is 1. The van der Waals surface area contributed by atoms with Crippen molar-refractivity contribution in [3.05, 3.63) is 24.4 Å². The molecule has 1 aliphatic rings. The zero-order valence-corrected chi connectivity index (χ0v) is 10.3. The van der Waals surface area contributed by atoms with Gasteiger partial charge in [0.1, 0.15) is 0 Å². The Morgan fingerprint density at radius 1 is 1.28 bits per heavy atom. The average Bonchev–Trinajstić information content (AvgIpc) is 2.83. The van der Waals surface area contributed by atoms with Crippen LogP contribution in [0.4, 0.5) is 5.69 Å². The summed E-state index contributed by atoms with van der Waals surface area (Å²) >= 11 is 0. The van der Waals surface area contributed by atoms with Crippen LogP contribution in [0.2, 0.25) is 0 Å². The lowest BCUT2D eigenvalue weighted by molar-refractivity contribution is -0.105. The fourth-order valence-electron chi connectivity index (χ4n) is 2.74. The van der Waals surface area contributed by atoms with Crippen LogP contribution in [0.1, 0.15) is 38.1 Å². The minimum Gasteiger partial charge on any atom is -0.329 e. The fraction of sp³-hybridized carbons (Fsp3) is 0.429. The molecule has 1 saturated carbocycles. The Hall–Kier alpha value is -1.84. The molecule has 1 N–H and O–H groups in total. The first-order valence-electron chi connectivity index (χ1n) is 6.56. The lowest BCUT2D eigenvalue weighted by atomic mass is 9.96. The van der Waals surface area contributed by atoms with Crippen LogP contribution in [0, 0.1) is 0 Å². The number of carbonyl (C=O) groups excluding carboxylic acids is 1. The molecule has 1 amide bonds. The van der Waals surface area contributed by atoms with Crippen molar-refractivity contribution in [1.82, 2.24) is 9.78 Å². The Morgan fingerprint density at radius 2 is 2.11 bits per heavy atom. The minimum absolute atomic E-state index is 0.550. The van der Waals surface area contributed by atoms with Crippen LogP contribution in [-0.4, -0.2) is 16.2 Å². The summed E-state index contributed by atoms with van der Waals surface area (Å²) in [6.45, 7) is 0. The van der Waals surface area contributed by atoms with Gasteiger partial charge in [0.2, 0.25) is 6.41 Å². The van der Waals surface area contributed by atoms with E-state index >= 15 is 0 Å². The summed E-state index contributed by atoms with van der Waals surface area (Å²) < 4.78 is 2.11. The molecule has 18 heavy (non-hydrogen) atoms. The molecule has 2 aromatic rings. The van der Waals surface area contributed by atoms with Crippen LogP contribution < -0.4 is 5.32 Å². The molecule has 0 atom stereocenters. The predicted molar refractivity (Wildman–Crippen MR) is 71.5 cm³/mol. The van der Waals surface area contributed by atoms with E-state index in [0.29, 0.717) is 12.5 Å². The van der Waals surface area contributed by atoms with E-state index in [1.165, 1.54) is 32.1 Å². The summed E-state index contributed by atoms with van der Waals surface area (Å²) in [6, 6.07) is 6.36. The highest BCUT2D eigenvalue weighted by atomic mass is 16.1. The highest BCUT2D eigenvalue weighted by Crippen LogP contribution is 2.29. The van der Waals surface area contributed by atoms with E-state index in [1.54, 1.807) is 0 Å². The molecule has 0 unspecified atom stereocenters. The number of hydrogen-bond donors (Lipinski definition) is 1. The molecule has 0 aliphatic heterocycles. The highest BCUT2D eigenvalue weighted by Gasteiger charge is 2.16. The van der Waals surface area contributed by atoms with Crippen LogP contribution in [-0.2, 0) is 4.79 Å². The van der Waals surface area contributed by atoms with Gasteiger partial charge < -0.3 is 5.32 Å². The second kappa shape index (κ2) is 4.80. The first-order valence-corrected chi connectivity index (χ1v) is 6.56. The molecular weight excluding hydrogens is 226 g/mol. The summed E-state index contributed by atoms with van der Waals surface area (Å²) in [4.78, 5) is 10.4. The number of amides is 1. The average molecular weight is 243 g/mol. The Morgan fingerprint density at radius 3 is 2.89 bits per heavy atom. The zero-order chi connectivity index (χ0) is 12.4. The quantitative estimate of drug-likeness (QED) is 0.842. The summed E-state index contributed by atoms with van der Waals surface area (Å²) in [5, 5.41) is 8.40. The Labute approximate surface area is 106 Å². The van der Waals surface area contributed by atoms with E-state index < -0.39 is 0 Å². The van der Waals surface area contributed by atoms with E-state index in [0.717, 1.165) is 16.6 Å². The number of aromatic nitrogens is 2. The van der Waals surface area contributed by atoms with Crippen molar-refractivity contribution in [2.45, 2.75) is 38.1 Å². The number of hydrogen-bond acceptors (Lipinski definition) is 2. The molecule has 0 bridgehead atoms. The SMILES string of the molecule is O=CNc1ccc2nn(C3CCCCC3)cc2c1. The lowest BCUT2D eigenvalue weighted by Gasteiger charge is -2.21. The van der Waals surface area contributed by atoms with Crippen molar-refractivity contribution in [2.24, 2.45) is 0 Å². The largest absolute Gasteiger partial charge is 0.329 e. The van der Waals surface area contributed by atoms with E-state index in [9.17, 15) is 4.79 Å². The van der Waals surface area contributed by atoms with Crippen molar-refractivity contribution < 1.29 is 4.79 Å². The Kier molecular flexibility index (Phi) is 3.00. The maximum atomic E-state index is 10.4. The van der Waals surface area contributed by atoms with Crippen molar-refractivity contribution >= 4 is 23.0 Å². The van der Waals surface area contributed by atoms with Gasteiger partial charge in [0, 0.05) is 17.3 Å². The van der Waals surface area contributed by atoms with Crippen molar-refractivity contribution in [2.75, 3.05) is 5.32 Å². The Bertz CT molecular complexity index is 555. The summed E-state index contributed by atoms with van der Waals surface area (Å²) in [7, 11) is 0. The number of benzene rings is 1. The van der Waals surface area contributed by atoms with Crippen LogP contribution >= 0.6 is 0 Å². The van der Waals surface area contributed by atoms with Gasteiger partial charge >= 0.3 is 0 Å². The van der Waals surface area contributed by atoms with Crippen molar-refractivity contribution in [1.29, 1.82) is 0 Å². The standard InChI is InChI=1S/C14H17N3O/c18-10-15-12-6-7-14-11(8-12)9-17(16-14)13-4-2-1-3-5-13/h6-10,13H,1-5H2,(H,15,18). The summed E-state index contributed by atoms with van der Waals surface area (Å²) in [5.41, 5.74) is 1.82. The normalized spacial score (nSPS) is 16.9.